The van der Waals surface area contributed by atoms with Gasteiger partial charge in [-0.15, -0.1) is 11.8 Å². The fourth-order valence-electron chi connectivity index (χ4n) is 1.84. The highest BCUT2D eigenvalue weighted by Gasteiger charge is 2.11. The number of rotatable bonds is 4. The van der Waals surface area contributed by atoms with Gasteiger partial charge in [0, 0.05) is 10.6 Å². The molecule has 2 aromatic rings. The number of hydrogen-bond acceptors (Lipinski definition) is 4. The number of hydrogen-bond donors (Lipinski definition) is 2. The Morgan fingerprint density at radius 3 is 2.76 bits per heavy atom. The molecule has 106 valence electrons. The monoisotopic (exact) mass is 318 g/mol. The van der Waals surface area contributed by atoms with Crippen LogP contribution in [0.5, 0.6) is 0 Å². The van der Waals surface area contributed by atoms with Gasteiger partial charge < -0.3 is 10.4 Å². The van der Waals surface area contributed by atoms with Crippen LogP contribution in [0.3, 0.4) is 0 Å². The number of thioether (sulfide) groups is 1. The second-order valence-corrected chi connectivity index (χ2v) is 5.37. The van der Waals surface area contributed by atoms with Crippen molar-refractivity contribution in [2.45, 2.75) is 4.90 Å². The van der Waals surface area contributed by atoms with Crippen LogP contribution in [-0.2, 0) is 0 Å². The van der Waals surface area contributed by atoms with Crippen molar-refractivity contribution in [2.75, 3.05) is 11.6 Å². The number of aromatic carboxylic acids is 1. The summed E-state index contributed by atoms with van der Waals surface area (Å²) in [6, 6.07) is 12.2. The molecule has 0 aromatic heterocycles. The van der Waals surface area contributed by atoms with Crippen molar-refractivity contribution in [3.63, 3.8) is 0 Å². The SMILES string of the molecule is CSc1cccc(Nc2ccc(Cl)c(C(=O)O)c2)c1C#N. The number of benzene rings is 2. The molecule has 2 rings (SSSR count). The van der Waals surface area contributed by atoms with Gasteiger partial charge in [0.15, 0.2) is 0 Å². The Kier molecular flexibility index (Phi) is 4.73. The van der Waals surface area contributed by atoms with E-state index in [2.05, 4.69) is 11.4 Å². The number of halogens is 1. The summed E-state index contributed by atoms with van der Waals surface area (Å²) in [5.74, 6) is -1.10. The summed E-state index contributed by atoms with van der Waals surface area (Å²) in [7, 11) is 0. The Labute approximate surface area is 131 Å². The first-order chi connectivity index (χ1) is 10.1. The second-order valence-electron chi connectivity index (χ2n) is 4.12. The van der Waals surface area contributed by atoms with Crippen molar-refractivity contribution < 1.29 is 9.90 Å². The fourth-order valence-corrected chi connectivity index (χ4v) is 2.62. The number of nitriles is 1. The van der Waals surface area contributed by atoms with Gasteiger partial charge in [-0.3, -0.25) is 0 Å². The highest BCUT2D eigenvalue weighted by atomic mass is 35.5. The number of anilines is 2. The van der Waals surface area contributed by atoms with Crippen molar-refractivity contribution in [1.82, 2.24) is 0 Å². The summed E-state index contributed by atoms with van der Waals surface area (Å²) in [4.78, 5) is 11.9. The second kappa shape index (κ2) is 6.53. The first-order valence-electron chi connectivity index (χ1n) is 5.93. The van der Waals surface area contributed by atoms with Crippen molar-refractivity contribution in [1.29, 1.82) is 5.26 Å². The van der Waals surface area contributed by atoms with Gasteiger partial charge in [0.05, 0.1) is 21.8 Å². The molecule has 0 saturated heterocycles. The van der Waals surface area contributed by atoms with Crippen LogP contribution in [0, 0.1) is 11.3 Å². The zero-order chi connectivity index (χ0) is 15.4. The third-order valence-corrected chi connectivity index (χ3v) is 3.94. The van der Waals surface area contributed by atoms with Crippen molar-refractivity contribution in [3.8, 4) is 6.07 Å². The van der Waals surface area contributed by atoms with Gasteiger partial charge >= 0.3 is 5.97 Å². The van der Waals surface area contributed by atoms with E-state index in [0.717, 1.165) is 4.90 Å². The largest absolute Gasteiger partial charge is 0.478 e. The maximum Gasteiger partial charge on any atom is 0.337 e. The first kappa shape index (κ1) is 15.2. The predicted molar refractivity (Wildman–Crippen MR) is 84.6 cm³/mol. The zero-order valence-corrected chi connectivity index (χ0v) is 12.6. The third kappa shape index (κ3) is 3.30. The lowest BCUT2D eigenvalue weighted by Gasteiger charge is -2.11. The average molecular weight is 319 g/mol. The van der Waals surface area contributed by atoms with E-state index in [-0.39, 0.29) is 10.6 Å². The molecule has 0 atom stereocenters. The van der Waals surface area contributed by atoms with Crippen LogP contribution in [0.2, 0.25) is 5.02 Å². The van der Waals surface area contributed by atoms with Gasteiger partial charge in [-0.2, -0.15) is 5.26 Å². The normalized spacial score (nSPS) is 9.95. The van der Waals surface area contributed by atoms with Crippen LogP contribution in [0.15, 0.2) is 41.3 Å². The zero-order valence-electron chi connectivity index (χ0n) is 11.1. The lowest BCUT2D eigenvalue weighted by atomic mass is 10.1. The summed E-state index contributed by atoms with van der Waals surface area (Å²) >= 11 is 7.31. The molecule has 0 aliphatic rings. The molecule has 2 N–H and O–H groups in total. The maximum absolute atomic E-state index is 11.1. The first-order valence-corrected chi connectivity index (χ1v) is 7.54. The highest BCUT2D eigenvalue weighted by Crippen LogP contribution is 2.29. The molecule has 0 aliphatic heterocycles. The minimum atomic E-state index is -1.10. The van der Waals surface area contributed by atoms with E-state index in [0.29, 0.717) is 16.9 Å². The van der Waals surface area contributed by atoms with Crippen LogP contribution >= 0.6 is 23.4 Å². The van der Waals surface area contributed by atoms with Crippen molar-refractivity contribution in [2.24, 2.45) is 0 Å². The quantitative estimate of drug-likeness (QED) is 0.819. The van der Waals surface area contributed by atoms with Gasteiger partial charge in [-0.1, -0.05) is 17.7 Å². The van der Waals surface area contributed by atoms with Crippen LogP contribution < -0.4 is 5.32 Å². The molecule has 0 spiro atoms. The molecule has 2 aromatic carbocycles. The fraction of sp³-hybridized carbons (Fsp3) is 0.0667. The van der Waals surface area contributed by atoms with Crippen molar-refractivity contribution in [3.05, 3.63) is 52.5 Å². The van der Waals surface area contributed by atoms with Crippen LogP contribution in [0.1, 0.15) is 15.9 Å². The van der Waals surface area contributed by atoms with E-state index in [1.54, 1.807) is 12.1 Å². The van der Waals surface area contributed by atoms with Crippen molar-refractivity contribution >= 4 is 40.7 Å². The molecule has 6 heteroatoms. The van der Waals surface area contributed by atoms with Gasteiger partial charge in [0.1, 0.15) is 6.07 Å². The Bertz CT molecular complexity index is 741. The Hall–Kier alpha value is -2.16. The molecule has 0 radical (unpaired) electrons. The molecule has 0 amide bonds. The molecule has 0 saturated carbocycles. The van der Waals surface area contributed by atoms with E-state index in [4.69, 9.17) is 16.7 Å². The molecule has 0 aliphatic carbocycles. The Balaban J connectivity index is 2.42. The Morgan fingerprint density at radius 1 is 1.38 bits per heavy atom. The number of nitrogens with zero attached hydrogens (tertiary/aromatic N) is 1. The summed E-state index contributed by atoms with van der Waals surface area (Å²) in [6.45, 7) is 0. The minimum Gasteiger partial charge on any atom is -0.478 e. The molecule has 0 heterocycles. The molecule has 0 bridgehead atoms. The summed E-state index contributed by atoms with van der Waals surface area (Å²) in [6.07, 6.45) is 1.89. The molecular weight excluding hydrogens is 308 g/mol. The summed E-state index contributed by atoms with van der Waals surface area (Å²) in [5.41, 5.74) is 1.73. The Morgan fingerprint density at radius 2 is 2.14 bits per heavy atom. The molecule has 0 fully saturated rings. The van der Waals surface area contributed by atoms with Crippen LogP contribution in [0.4, 0.5) is 11.4 Å². The highest BCUT2D eigenvalue weighted by molar-refractivity contribution is 7.98. The van der Waals surface area contributed by atoms with Crippen LogP contribution in [-0.4, -0.2) is 17.3 Å². The van der Waals surface area contributed by atoms with E-state index in [1.165, 1.54) is 23.9 Å². The van der Waals surface area contributed by atoms with Gasteiger partial charge in [0.25, 0.3) is 0 Å². The molecule has 0 unspecified atom stereocenters. The lowest BCUT2D eigenvalue weighted by molar-refractivity contribution is 0.0697. The topological polar surface area (TPSA) is 73.1 Å². The number of carboxylic acids is 1. The molecular formula is C15H11ClN2O2S. The van der Waals surface area contributed by atoms with Gasteiger partial charge in [0.2, 0.25) is 0 Å². The number of carboxylic acid groups (broad SMARTS) is 1. The number of carbonyl (C=O) groups is 1. The average Bonchev–Trinajstić information content (AvgIpc) is 2.48. The summed E-state index contributed by atoms with van der Waals surface area (Å²) < 4.78 is 0. The molecule has 4 nitrogen and oxygen atoms in total. The number of nitrogens with one attached hydrogen (secondary N) is 1. The summed E-state index contributed by atoms with van der Waals surface area (Å²) in [5, 5.41) is 21.6. The van der Waals surface area contributed by atoms with Gasteiger partial charge in [-0.05, 0) is 36.6 Å². The van der Waals surface area contributed by atoms with E-state index in [1.807, 2.05) is 18.4 Å². The van der Waals surface area contributed by atoms with Gasteiger partial charge in [-0.25, -0.2) is 4.79 Å². The molecule has 21 heavy (non-hydrogen) atoms. The predicted octanol–water partition coefficient (Wildman–Crippen LogP) is 4.38. The maximum atomic E-state index is 11.1. The van der Waals surface area contributed by atoms with Crippen LogP contribution in [0.25, 0.3) is 0 Å². The lowest BCUT2D eigenvalue weighted by Crippen LogP contribution is -2.00. The smallest absolute Gasteiger partial charge is 0.337 e. The van der Waals surface area contributed by atoms with E-state index in [9.17, 15) is 10.1 Å². The standard InChI is InChI=1S/C15H11ClN2O2S/c1-21-14-4-2-3-13(11(14)8-17)18-9-5-6-12(16)10(7-9)15(19)20/h2-7,18H,1H3,(H,19,20). The third-order valence-electron chi connectivity index (χ3n) is 2.83. The van der Waals surface area contributed by atoms with E-state index >= 15 is 0 Å². The minimum absolute atomic E-state index is 0.0150. The van der Waals surface area contributed by atoms with E-state index < -0.39 is 5.97 Å².